The number of hydrogen-bond acceptors (Lipinski definition) is 4. The topological polar surface area (TPSA) is 31.5 Å². The highest BCUT2D eigenvalue weighted by Gasteiger charge is 2.30. The van der Waals surface area contributed by atoms with E-state index in [1.807, 2.05) is 12.1 Å². The third-order valence-corrected chi connectivity index (χ3v) is 6.96. The van der Waals surface area contributed by atoms with E-state index in [2.05, 4.69) is 58.3 Å². The predicted molar refractivity (Wildman–Crippen MR) is 135 cm³/mol. The van der Waals surface area contributed by atoms with E-state index < -0.39 is 5.67 Å². The van der Waals surface area contributed by atoms with Crippen LogP contribution in [0.3, 0.4) is 0 Å². The van der Waals surface area contributed by atoms with Gasteiger partial charge in [-0.3, -0.25) is 9.80 Å². The van der Waals surface area contributed by atoms with Gasteiger partial charge in [-0.15, -0.1) is 11.3 Å². The van der Waals surface area contributed by atoms with Gasteiger partial charge in [0.05, 0.1) is 0 Å². The molecule has 1 atom stereocenters. The molecule has 2 aromatic heterocycles. The Bertz CT molecular complexity index is 995. The zero-order chi connectivity index (χ0) is 22.7. The lowest BCUT2D eigenvalue weighted by Crippen LogP contribution is -2.53. The first-order chi connectivity index (χ1) is 15.3. The molecule has 2 aliphatic heterocycles. The van der Waals surface area contributed by atoms with Crippen LogP contribution in [0, 0.1) is 0 Å². The van der Waals surface area contributed by atoms with Gasteiger partial charge in [-0.2, -0.15) is 0 Å². The van der Waals surface area contributed by atoms with E-state index in [0.717, 1.165) is 31.1 Å². The quantitative estimate of drug-likeness (QED) is 0.481. The summed E-state index contributed by atoms with van der Waals surface area (Å²) in [5.74, 6) is 0. The lowest BCUT2D eigenvalue weighted by Gasteiger charge is -2.38. The fraction of sp³-hybridized carbons (Fsp3) is 0.538. The molecule has 1 N–H and O–H groups in total. The molecule has 3 aromatic rings. The number of H-pyrrole nitrogens is 1. The van der Waals surface area contributed by atoms with Crippen LogP contribution >= 0.6 is 11.3 Å². The number of benzene rings is 1. The van der Waals surface area contributed by atoms with Gasteiger partial charge in [-0.05, 0) is 69.3 Å². The second-order valence-electron chi connectivity index (χ2n) is 9.74. The number of fused-ring (bicyclic) bond motifs is 3. The van der Waals surface area contributed by atoms with Crippen molar-refractivity contribution in [3.63, 3.8) is 0 Å². The molecule has 1 aromatic carbocycles. The third-order valence-electron chi connectivity index (χ3n) is 6.21. The summed E-state index contributed by atoms with van der Waals surface area (Å²) in [7, 11) is 0. The summed E-state index contributed by atoms with van der Waals surface area (Å²) < 4.78 is 19.6. The minimum Gasteiger partial charge on any atom is -0.478 e. The average molecular weight is 460 g/mol. The Kier molecular flexibility index (Phi) is 7.23. The third kappa shape index (κ3) is 5.72. The highest BCUT2D eigenvalue weighted by Crippen LogP contribution is 2.31. The highest BCUT2D eigenvalue weighted by molar-refractivity contribution is 7.11. The molecule has 0 amide bonds. The molecule has 32 heavy (non-hydrogen) atoms. The Morgan fingerprint density at radius 3 is 2.69 bits per heavy atom. The van der Waals surface area contributed by atoms with Crippen LogP contribution in [0.25, 0.3) is 10.9 Å². The number of halogens is 1. The first-order valence-corrected chi connectivity index (χ1v) is 12.6. The molecule has 0 bridgehead atoms. The number of para-hydroxylation sites is 1. The van der Waals surface area contributed by atoms with Crippen molar-refractivity contribution in [1.29, 1.82) is 0 Å². The van der Waals surface area contributed by atoms with Gasteiger partial charge in [0.25, 0.3) is 0 Å². The Balaban J connectivity index is 0.000000192. The van der Waals surface area contributed by atoms with Crippen LogP contribution in [0.4, 0.5) is 4.39 Å². The summed E-state index contributed by atoms with van der Waals surface area (Å²) in [6, 6.07) is 12.9. The van der Waals surface area contributed by atoms with Gasteiger partial charge in [-0.1, -0.05) is 25.1 Å². The molecular formula is C26H38FN3OS. The number of likely N-dealkylation sites (tertiary alicyclic amines) is 1. The van der Waals surface area contributed by atoms with Crippen molar-refractivity contribution in [2.75, 3.05) is 26.2 Å². The smallest absolute Gasteiger partial charge is 0.174 e. The van der Waals surface area contributed by atoms with Crippen molar-refractivity contribution >= 4 is 22.2 Å². The number of nitrogens with zero attached hydrogens (tertiary/aromatic N) is 2. The number of alkyl halides is 1. The van der Waals surface area contributed by atoms with E-state index in [1.165, 1.54) is 35.1 Å². The molecular weight excluding hydrogens is 421 g/mol. The Hall–Kier alpha value is -1.89. The second kappa shape index (κ2) is 9.94. The number of aromatic nitrogens is 1. The molecule has 176 valence electrons. The van der Waals surface area contributed by atoms with E-state index in [9.17, 15) is 4.39 Å². The normalized spacial score (nSPS) is 19.8. The standard InChI is InChI=1S/C16H21FN2.C10H15NOS.H2/c1-11-8-13-12-6-4-5-7-14(12)18-15(13)9-19(11)10-16(2,3)17;1-2-5-11-7-9(8-11)12-10-4-3-6-13-10;/h4-7,11,18H,8-10H2,1-3H3;3-4,6,9H,2,5,7-8H2,1H3;1H/t11-;;/m1../s1. The van der Waals surface area contributed by atoms with Crippen LogP contribution in [-0.4, -0.2) is 58.8 Å². The van der Waals surface area contributed by atoms with Gasteiger partial charge in [0.2, 0.25) is 0 Å². The van der Waals surface area contributed by atoms with Gasteiger partial charge in [-0.25, -0.2) is 4.39 Å². The van der Waals surface area contributed by atoms with Crippen LogP contribution in [0.1, 0.15) is 46.8 Å². The molecule has 6 heteroatoms. The van der Waals surface area contributed by atoms with Crippen molar-refractivity contribution in [2.24, 2.45) is 0 Å². The number of thiophene rings is 1. The average Bonchev–Trinajstić information content (AvgIpc) is 3.34. The van der Waals surface area contributed by atoms with Gasteiger partial charge >= 0.3 is 0 Å². The Labute approximate surface area is 196 Å². The molecule has 4 nitrogen and oxygen atoms in total. The zero-order valence-corrected chi connectivity index (χ0v) is 20.6. The summed E-state index contributed by atoms with van der Waals surface area (Å²) >= 11 is 1.67. The molecule has 0 radical (unpaired) electrons. The van der Waals surface area contributed by atoms with E-state index in [1.54, 1.807) is 25.2 Å². The molecule has 1 saturated heterocycles. The monoisotopic (exact) mass is 459 g/mol. The molecule has 0 saturated carbocycles. The Morgan fingerprint density at radius 2 is 2.00 bits per heavy atom. The van der Waals surface area contributed by atoms with E-state index in [0.29, 0.717) is 18.7 Å². The predicted octanol–water partition coefficient (Wildman–Crippen LogP) is 6.13. The fourth-order valence-corrected chi connectivity index (χ4v) is 5.33. The number of ether oxygens (including phenoxy) is 1. The molecule has 2 aliphatic rings. The molecule has 4 heterocycles. The van der Waals surface area contributed by atoms with Crippen molar-refractivity contribution < 1.29 is 10.6 Å². The SMILES string of the molecule is CCCN1CC(Oc2cccs2)C1.C[C@@H]1Cc2c([nH]c3ccccc23)CN1CC(C)(C)F.[HH]. The molecule has 5 rings (SSSR count). The molecule has 0 aliphatic carbocycles. The number of nitrogens with one attached hydrogen (secondary N) is 1. The van der Waals surface area contributed by atoms with Gasteiger partial charge in [0.15, 0.2) is 5.06 Å². The van der Waals surface area contributed by atoms with Gasteiger partial charge in [0.1, 0.15) is 11.8 Å². The summed E-state index contributed by atoms with van der Waals surface area (Å²) in [5.41, 5.74) is 2.72. The van der Waals surface area contributed by atoms with Crippen LogP contribution in [-0.2, 0) is 13.0 Å². The lowest BCUT2D eigenvalue weighted by molar-refractivity contribution is 0.0227. The fourth-order valence-electron chi connectivity index (χ4n) is 4.69. The minimum absolute atomic E-state index is 0. The highest BCUT2D eigenvalue weighted by atomic mass is 32.1. The first-order valence-electron chi connectivity index (χ1n) is 11.8. The molecule has 1 fully saturated rings. The van der Waals surface area contributed by atoms with E-state index in [4.69, 9.17) is 4.74 Å². The summed E-state index contributed by atoms with van der Waals surface area (Å²) in [6.07, 6.45) is 2.67. The largest absolute Gasteiger partial charge is 0.478 e. The number of rotatable bonds is 6. The van der Waals surface area contributed by atoms with Gasteiger partial charge < -0.3 is 9.72 Å². The molecule has 0 unspecified atom stereocenters. The van der Waals surface area contributed by atoms with Crippen LogP contribution < -0.4 is 4.74 Å². The lowest BCUT2D eigenvalue weighted by atomic mass is 9.96. The second-order valence-corrected chi connectivity index (χ2v) is 10.6. The maximum atomic E-state index is 13.9. The van der Waals surface area contributed by atoms with Crippen LogP contribution in [0.2, 0.25) is 0 Å². The maximum absolute atomic E-state index is 13.9. The van der Waals surface area contributed by atoms with E-state index >= 15 is 0 Å². The van der Waals surface area contributed by atoms with Gasteiger partial charge in [0, 0.05) is 50.2 Å². The summed E-state index contributed by atoms with van der Waals surface area (Å²) in [4.78, 5) is 8.15. The minimum atomic E-state index is -1.14. The summed E-state index contributed by atoms with van der Waals surface area (Å²) in [6.45, 7) is 12.4. The number of hydrogen-bond donors (Lipinski definition) is 1. The maximum Gasteiger partial charge on any atom is 0.174 e. The Morgan fingerprint density at radius 1 is 1.22 bits per heavy atom. The van der Waals surface area contributed by atoms with E-state index in [-0.39, 0.29) is 1.43 Å². The van der Waals surface area contributed by atoms with Crippen LogP contribution in [0.15, 0.2) is 41.8 Å². The summed E-state index contributed by atoms with van der Waals surface area (Å²) in [5, 5.41) is 4.43. The van der Waals surface area contributed by atoms with Crippen molar-refractivity contribution in [3.05, 3.63) is 53.0 Å². The van der Waals surface area contributed by atoms with Crippen molar-refractivity contribution in [3.8, 4) is 5.06 Å². The molecule has 0 spiro atoms. The van der Waals surface area contributed by atoms with Crippen molar-refractivity contribution in [1.82, 2.24) is 14.8 Å². The number of aromatic amines is 1. The first kappa shape index (κ1) is 23.3. The zero-order valence-electron chi connectivity index (χ0n) is 19.7. The van der Waals surface area contributed by atoms with Crippen molar-refractivity contribution in [2.45, 2.75) is 64.9 Å². The van der Waals surface area contributed by atoms with Crippen LogP contribution in [0.5, 0.6) is 5.06 Å².